The topological polar surface area (TPSA) is 47.6 Å². The number of carbonyl (C=O) groups excluding carboxylic acids is 1. The molecule has 1 rings (SSSR count). The lowest BCUT2D eigenvalue weighted by atomic mass is 10.1. The predicted molar refractivity (Wildman–Crippen MR) is 76.3 cm³/mol. The summed E-state index contributed by atoms with van der Waals surface area (Å²) in [6.45, 7) is 3.26. The third kappa shape index (κ3) is 5.57. The van der Waals surface area contributed by atoms with Crippen molar-refractivity contribution in [3.63, 3.8) is 0 Å². The first-order valence-corrected chi connectivity index (χ1v) is 6.27. The van der Waals surface area contributed by atoms with Gasteiger partial charge in [0.25, 0.3) is 0 Å². The minimum Gasteiger partial charge on any atom is -0.496 e. The largest absolute Gasteiger partial charge is 0.496 e. The zero-order valence-corrected chi connectivity index (χ0v) is 11.7. The van der Waals surface area contributed by atoms with Gasteiger partial charge in [0.05, 0.1) is 7.11 Å². The van der Waals surface area contributed by atoms with Crippen LogP contribution < -0.4 is 10.1 Å². The Hall–Kier alpha value is -1.81. The third-order valence-corrected chi connectivity index (χ3v) is 2.62. The first-order valence-electron chi connectivity index (χ1n) is 6.27. The smallest absolute Gasteiger partial charge is 0.244 e. The van der Waals surface area contributed by atoms with Gasteiger partial charge in [0.2, 0.25) is 5.91 Å². The molecule has 4 nitrogen and oxygen atoms in total. The van der Waals surface area contributed by atoms with Gasteiger partial charge in [0.1, 0.15) is 5.75 Å². The number of hydrogen-bond donors (Lipinski definition) is 1. The SMILES string of the molecule is COCCCNC(=O)/C=C/c1cc(C)ccc1OC. The van der Waals surface area contributed by atoms with E-state index in [1.165, 1.54) is 6.08 Å². The Labute approximate surface area is 114 Å². The molecule has 0 radical (unpaired) electrons. The molecule has 1 aromatic carbocycles. The van der Waals surface area contributed by atoms with Crippen LogP contribution >= 0.6 is 0 Å². The van der Waals surface area contributed by atoms with Crippen LogP contribution in [0, 0.1) is 6.92 Å². The summed E-state index contributed by atoms with van der Waals surface area (Å²) in [5.74, 6) is 0.647. The monoisotopic (exact) mass is 263 g/mol. The first-order chi connectivity index (χ1) is 9.17. The van der Waals surface area contributed by atoms with Crippen LogP contribution in [0.1, 0.15) is 17.5 Å². The van der Waals surface area contributed by atoms with Crippen molar-refractivity contribution in [1.82, 2.24) is 5.32 Å². The standard InChI is InChI=1S/C15H21NO3/c1-12-5-7-14(19-3)13(11-12)6-8-15(17)16-9-4-10-18-2/h5-8,11H,4,9-10H2,1-3H3,(H,16,17)/b8-6+. The summed E-state index contributed by atoms with van der Waals surface area (Å²) in [5.41, 5.74) is 2.02. The molecular weight excluding hydrogens is 242 g/mol. The fraction of sp³-hybridized carbons (Fsp3) is 0.400. The Morgan fingerprint density at radius 2 is 2.16 bits per heavy atom. The molecule has 4 heteroatoms. The van der Waals surface area contributed by atoms with Gasteiger partial charge < -0.3 is 14.8 Å². The van der Waals surface area contributed by atoms with Gasteiger partial charge in [-0.1, -0.05) is 11.6 Å². The highest BCUT2D eigenvalue weighted by Gasteiger charge is 2.00. The number of ether oxygens (including phenoxy) is 2. The molecule has 19 heavy (non-hydrogen) atoms. The summed E-state index contributed by atoms with van der Waals surface area (Å²) < 4.78 is 10.2. The molecule has 0 aliphatic rings. The molecule has 0 saturated carbocycles. The fourth-order valence-electron chi connectivity index (χ4n) is 1.64. The molecule has 0 aliphatic carbocycles. The molecular formula is C15H21NO3. The third-order valence-electron chi connectivity index (χ3n) is 2.62. The highest BCUT2D eigenvalue weighted by atomic mass is 16.5. The van der Waals surface area contributed by atoms with Crippen LogP contribution in [0.5, 0.6) is 5.75 Å². The number of hydrogen-bond acceptors (Lipinski definition) is 3. The second-order valence-electron chi connectivity index (χ2n) is 4.22. The van der Waals surface area contributed by atoms with Gasteiger partial charge in [0, 0.05) is 31.9 Å². The van der Waals surface area contributed by atoms with Gasteiger partial charge in [0.15, 0.2) is 0 Å². The van der Waals surface area contributed by atoms with Crippen LogP contribution in [-0.4, -0.2) is 33.3 Å². The minimum absolute atomic E-state index is 0.111. The molecule has 0 spiro atoms. The van der Waals surface area contributed by atoms with E-state index in [4.69, 9.17) is 9.47 Å². The molecule has 0 heterocycles. The average Bonchev–Trinajstić information content (AvgIpc) is 2.41. The van der Waals surface area contributed by atoms with Crippen LogP contribution in [0.2, 0.25) is 0 Å². The first kappa shape index (κ1) is 15.2. The maximum Gasteiger partial charge on any atom is 0.244 e. The summed E-state index contributed by atoms with van der Waals surface area (Å²) in [6, 6.07) is 5.85. The average molecular weight is 263 g/mol. The Kier molecular flexibility index (Phi) is 6.68. The van der Waals surface area contributed by atoms with E-state index < -0.39 is 0 Å². The number of amides is 1. The zero-order valence-electron chi connectivity index (χ0n) is 11.7. The summed E-state index contributed by atoms with van der Waals surface area (Å²) >= 11 is 0. The highest BCUT2D eigenvalue weighted by Crippen LogP contribution is 2.20. The van der Waals surface area contributed by atoms with E-state index in [0.29, 0.717) is 13.2 Å². The lowest BCUT2D eigenvalue weighted by Gasteiger charge is -2.05. The van der Waals surface area contributed by atoms with E-state index in [9.17, 15) is 4.79 Å². The molecule has 1 aromatic rings. The molecule has 0 unspecified atom stereocenters. The van der Waals surface area contributed by atoms with Gasteiger partial charge in [-0.3, -0.25) is 4.79 Å². The molecule has 0 fully saturated rings. The van der Waals surface area contributed by atoms with Crippen molar-refractivity contribution in [2.24, 2.45) is 0 Å². The quantitative estimate of drug-likeness (QED) is 0.606. The number of benzene rings is 1. The van der Waals surface area contributed by atoms with Crippen molar-refractivity contribution >= 4 is 12.0 Å². The van der Waals surface area contributed by atoms with Crippen molar-refractivity contribution in [1.29, 1.82) is 0 Å². The molecule has 104 valence electrons. The number of nitrogens with one attached hydrogen (secondary N) is 1. The van der Waals surface area contributed by atoms with Crippen LogP contribution in [0.25, 0.3) is 6.08 Å². The van der Waals surface area contributed by atoms with Crippen LogP contribution in [-0.2, 0) is 9.53 Å². The minimum atomic E-state index is -0.111. The Morgan fingerprint density at radius 1 is 1.37 bits per heavy atom. The molecule has 1 amide bonds. The predicted octanol–water partition coefficient (Wildman–Crippen LogP) is 2.17. The number of aryl methyl sites for hydroxylation is 1. The summed E-state index contributed by atoms with van der Waals surface area (Å²) in [6.07, 6.45) is 4.09. The van der Waals surface area contributed by atoms with Gasteiger partial charge in [-0.05, 0) is 31.6 Å². The molecule has 1 N–H and O–H groups in total. The maximum atomic E-state index is 11.6. The normalized spacial score (nSPS) is 10.7. The molecule has 0 aliphatic heterocycles. The van der Waals surface area contributed by atoms with Gasteiger partial charge in [-0.25, -0.2) is 0 Å². The van der Waals surface area contributed by atoms with Gasteiger partial charge in [-0.2, -0.15) is 0 Å². The number of carbonyl (C=O) groups is 1. The van der Waals surface area contributed by atoms with E-state index in [-0.39, 0.29) is 5.91 Å². The van der Waals surface area contributed by atoms with E-state index in [0.717, 1.165) is 23.3 Å². The number of rotatable bonds is 7. The maximum absolute atomic E-state index is 11.6. The van der Waals surface area contributed by atoms with Crippen LogP contribution in [0.3, 0.4) is 0 Å². The zero-order chi connectivity index (χ0) is 14.1. The van der Waals surface area contributed by atoms with Crippen molar-refractivity contribution < 1.29 is 14.3 Å². The van der Waals surface area contributed by atoms with Crippen LogP contribution in [0.4, 0.5) is 0 Å². The van der Waals surface area contributed by atoms with Crippen LogP contribution in [0.15, 0.2) is 24.3 Å². The fourth-order valence-corrected chi connectivity index (χ4v) is 1.64. The van der Waals surface area contributed by atoms with Crippen molar-refractivity contribution in [3.05, 3.63) is 35.4 Å². The molecule has 0 bridgehead atoms. The summed E-state index contributed by atoms with van der Waals surface area (Å²) in [7, 11) is 3.26. The van der Waals surface area contributed by atoms with Gasteiger partial charge >= 0.3 is 0 Å². The van der Waals surface area contributed by atoms with E-state index in [1.807, 2.05) is 25.1 Å². The summed E-state index contributed by atoms with van der Waals surface area (Å²) in [4.78, 5) is 11.6. The van der Waals surface area contributed by atoms with Crippen molar-refractivity contribution in [2.45, 2.75) is 13.3 Å². The van der Waals surface area contributed by atoms with Gasteiger partial charge in [-0.15, -0.1) is 0 Å². The van der Waals surface area contributed by atoms with E-state index in [2.05, 4.69) is 5.32 Å². The molecule has 0 atom stereocenters. The highest BCUT2D eigenvalue weighted by molar-refractivity contribution is 5.92. The number of methoxy groups -OCH3 is 2. The van der Waals surface area contributed by atoms with Crippen molar-refractivity contribution in [3.8, 4) is 5.75 Å². The summed E-state index contributed by atoms with van der Waals surface area (Å²) in [5, 5.41) is 2.79. The van der Waals surface area contributed by atoms with Crippen molar-refractivity contribution in [2.75, 3.05) is 27.4 Å². The second-order valence-corrected chi connectivity index (χ2v) is 4.22. The lowest BCUT2D eigenvalue weighted by molar-refractivity contribution is -0.116. The van der Waals surface area contributed by atoms with E-state index in [1.54, 1.807) is 20.3 Å². The Balaban J connectivity index is 2.55. The van der Waals surface area contributed by atoms with E-state index >= 15 is 0 Å². The Bertz CT molecular complexity index is 441. The Morgan fingerprint density at radius 3 is 2.84 bits per heavy atom. The molecule has 0 saturated heterocycles. The molecule has 0 aromatic heterocycles. The second kappa shape index (κ2) is 8.32. The lowest BCUT2D eigenvalue weighted by Crippen LogP contribution is -2.22.